The summed E-state index contributed by atoms with van der Waals surface area (Å²) in [5.41, 5.74) is 10.7. The van der Waals surface area contributed by atoms with Crippen LogP contribution in [0.5, 0.6) is 0 Å². The first kappa shape index (κ1) is 42.8. The zero-order valence-corrected chi connectivity index (χ0v) is 36.1. The lowest BCUT2D eigenvalue weighted by molar-refractivity contribution is -0.136. The highest BCUT2D eigenvalue weighted by Crippen LogP contribution is 2.33. The van der Waals surface area contributed by atoms with E-state index in [1.165, 1.54) is 11.8 Å². The molecule has 0 spiro atoms. The molecule has 9 rings (SSSR count). The van der Waals surface area contributed by atoms with Crippen molar-refractivity contribution in [3.8, 4) is 11.8 Å². The maximum atomic E-state index is 13.3. The van der Waals surface area contributed by atoms with Gasteiger partial charge in [-0.05, 0) is 117 Å². The maximum absolute atomic E-state index is 13.3. The number of piperidine rings is 2. The third kappa shape index (κ3) is 9.68. The molecule has 2 saturated heterocycles. The number of nitrogens with two attached hydrogens (primary N) is 1. The molecule has 4 fully saturated rings. The van der Waals surface area contributed by atoms with Gasteiger partial charge in [0.1, 0.15) is 11.1 Å². The van der Waals surface area contributed by atoms with E-state index >= 15 is 0 Å². The van der Waals surface area contributed by atoms with Gasteiger partial charge in [-0.1, -0.05) is 47.7 Å². The van der Waals surface area contributed by atoms with Crippen LogP contribution in [0.1, 0.15) is 108 Å². The summed E-state index contributed by atoms with van der Waals surface area (Å²) in [6.45, 7) is 1.77. The maximum Gasteiger partial charge on any atom is 0.317 e. The first-order valence-electron chi connectivity index (χ1n) is 22.2. The highest BCUT2D eigenvalue weighted by Gasteiger charge is 2.39. The Labute approximate surface area is 376 Å². The summed E-state index contributed by atoms with van der Waals surface area (Å²) < 4.78 is 0. The third-order valence-corrected chi connectivity index (χ3v) is 13.5. The number of anilines is 4. The summed E-state index contributed by atoms with van der Waals surface area (Å²) in [6, 6.07) is 21.2. The molecule has 0 bridgehead atoms. The number of halogens is 1. The van der Waals surface area contributed by atoms with Crippen molar-refractivity contribution in [1.82, 2.24) is 35.7 Å². The number of primary amides is 1. The number of likely N-dealkylation sites (tertiary alicyclic amines) is 1. The number of rotatable bonds is 10. The number of hydrogen-bond acceptors (Lipinski definition) is 10. The van der Waals surface area contributed by atoms with Gasteiger partial charge in [0.25, 0.3) is 11.8 Å². The topological polar surface area (TPSA) is 204 Å². The van der Waals surface area contributed by atoms with Gasteiger partial charge in [-0.3, -0.25) is 24.5 Å². The van der Waals surface area contributed by atoms with Crippen LogP contribution in [0.15, 0.2) is 72.9 Å². The van der Waals surface area contributed by atoms with Gasteiger partial charge in [0.2, 0.25) is 17.8 Å². The van der Waals surface area contributed by atoms with E-state index in [0.717, 1.165) is 68.2 Å². The first-order chi connectivity index (χ1) is 31.0. The van der Waals surface area contributed by atoms with Crippen molar-refractivity contribution < 1.29 is 24.0 Å². The molecule has 2 aliphatic carbocycles. The van der Waals surface area contributed by atoms with Crippen molar-refractivity contribution in [2.45, 2.75) is 101 Å². The molecule has 1 atom stereocenters. The minimum absolute atomic E-state index is 0.0337. The molecule has 6 amide bonds. The molecule has 330 valence electrons. The van der Waals surface area contributed by atoms with Crippen molar-refractivity contribution >= 4 is 64.4 Å². The van der Waals surface area contributed by atoms with Gasteiger partial charge in [-0.25, -0.2) is 9.78 Å². The average molecular weight is 883 g/mol. The molecule has 1 aromatic heterocycles. The Morgan fingerprint density at radius 3 is 2.36 bits per heavy atom. The summed E-state index contributed by atoms with van der Waals surface area (Å²) >= 11 is 6.37. The van der Waals surface area contributed by atoms with E-state index in [1.54, 1.807) is 35.2 Å². The lowest BCUT2D eigenvalue weighted by Crippen LogP contribution is -2.52. The Morgan fingerprint density at radius 2 is 1.61 bits per heavy atom. The molecule has 7 N–H and O–H groups in total. The van der Waals surface area contributed by atoms with Crippen LogP contribution in [0.2, 0.25) is 5.02 Å². The molecule has 64 heavy (non-hydrogen) atoms. The van der Waals surface area contributed by atoms with Crippen LogP contribution in [0.25, 0.3) is 0 Å². The van der Waals surface area contributed by atoms with Crippen molar-refractivity contribution in [2.24, 2.45) is 11.7 Å². The molecule has 5 aliphatic rings. The third-order valence-electron chi connectivity index (χ3n) is 13.2. The van der Waals surface area contributed by atoms with Crippen LogP contribution in [-0.2, 0) is 16.1 Å². The molecular formula is C48H51ClN10O5. The zero-order valence-electron chi connectivity index (χ0n) is 35.4. The number of urea groups is 1. The van der Waals surface area contributed by atoms with Crippen LogP contribution in [0, 0.1) is 17.8 Å². The molecular weight excluding hydrogens is 832 g/mol. The van der Waals surface area contributed by atoms with Crippen molar-refractivity contribution in [1.29, 1.82) is 0 Å². The zero-order chi connectivity index (χ0) is 44.3. The molecule has 3 aliphatic heterocycles. The number of nitrogens with one attached hydrogen (secondary N) is 5. The molecule has 4 aromatic rings. The fourth-order valence-electron chi connectivity index (χ4n) is 9.55. The number of nitrogens with zero attached hydrogens (tertiary/aromatic N) is 4. The first-order valence-corrected chi connectivity index (χ1v) is 22.6. The highest BCUT2D eigenvalue weighted by atomic mass is 35.5. The molecule has 16 heteroatoms. The van der Waals surface area contributed by atoms with Crippen LogP contribution in [0.3, 0.4) is 0 Å². The van der Waals surface area contributed by atoms with Crippen molar-refractivity contribution in [3.63, 3.8) is 0 Å². The summed E-state index contributed by atoms with van der Waals surface area (Å²) in [5.74, 6) is 6.65. The molecule has 0 radical (unpaired) electrons. The minimum atomic E-state index is -0.624. The lowest BCUT2D eigenvalue weighted by atomic mass is 9.79. The number of aromatic nitrogens is 2. The van der Waals surface area contributed by atoms with Crippen LogP contribution >= 0.6 is 11.6 Å². The normalized spacial score (nSPS) is 23.3. The van der Waals surface area contributed by atoms with Crippen LogP contribution in [-0.4, -0.2) is 86.7 Å². The van der Waals surface area contributed by atoms with Gasteiger partial charge in [-0.15, -0.1) is 0 Å². The number of hydrogen-bond donors (Lipinski definition) is 6. The number of amides is 6. The van der Waals surface area contributed by atoms with Gasteiger partial charge >= 0.3 is 6.03 Å². The number of carbonyl (C=O) groups excluding carboxylic acids is 5. The standard InChI is InChI=1S/C48H51ClN10O5/c49-39-26-51-47(57-44(39)55-40-4-2-1-3-38(40)43(50)61)53-34-10-8-30(9-11-34)31-19-21-58(22-20-31)48(64)54-35-14-12-33(13-15-35)52-36-24-29(25-36)6-5-28-7-16-37-32(23-28)27-59(46(37)63)41-17-18-42(60)56-45(41)62/h1-4,7-11,16,23,26,29,31,33,35-36,41,52H,12-15,17-22,24-25,27H2,(H2,50,61)(H,54,64)(H,56,60,62)(H2,51,53,55,57)/t29-,33-,35+,36-,41?. The van der Waals surface area contributed by atoms with Gasteiger partial charge < -0.3 is 36.8 Å². The van der Waals surface area contributed by atoms with Crippen LogP contribution in [0.4, 0.5) is 27.9 Å². The van der Waals surface area contributed by atoms with E-state index in [1.807, 2.05) is 29.2 Å². The predicted octanol–water partition coefficient (Wildman–Crippen LogP) is 6.10. The predicted molar refractivity (Wildman–Crippen MR) is 242 cm³/mol. The summed E-state index contributed by atoms with van der Waals surface area (Å²) in [5, 5.41) is 16.1. The fraction of sp³-hybridized carbons (Fsp3) is 0.396. The molecule has 4 heterocycles. The van der Waals surface area contributed by atoms with Crippen molar-refractivity contribution in [3.05, 3.63) is 106 Å². The van der Waals surface area contributed by atoms with E-state index in [0.29, 0.717) is 83.6 Å². The number of imide groups is 1. The highest BCUT2D eigenvalue weighted by molar-refractivity contribution is 6.33. The average Bonchev–Trinajstić information content (AvgIpc) is 3.61. The summed E-state index contributed by atoms with van der Waals surface area (Å²) in [7, 11) is 0. The number of para-hydroxylation sites is 1. The number of benzene rings is 3. The molecule has 3 aromatic carbocycles. The Kier molecular flexibility index (Phi) is 12.5. The minimum Gasteiger partial charge on any atom is -0.366 e. The SMILES string of the molecule is NC(=O)c1ccccc1Nc1nc(Nc2ccc(C3CCN(C(=O)N[C@H]4CC[C@@H](N[C@H]5C[C@H](C#Cc6ccc7c(c6)CN(C6CCC(=O)NC6=O)C7=O)C5)CC4)CC3)cc2)ncc1Cl. The van der Waals surface area contributed by atoms with Crippen molar-refractivity contribution in [2.75, 3.05) is 23.7 Å². The quantitative estimate of drug-likeness (QED) is 0.0799. The van der Waals surface area contributed by atoms with Gasteiger partial charge in [-0.2, -0.15) is 4.98 Å². The summed E-state index contributed by atoms with van der Waals surface area (Å²) in [4.78, 5) is 74.5. The van der Waals surface area contributed by atoms with E-state index in [2.05, 4.69) is 60.5 Å². The number of fused-ring (bicyclic) bond motifs is 1. The molecule has 1 unspecified atom stereocenters. The number of carbonyl (C=O) groups is 5. The monoisotopic (exact) mass is 882 g/mol. The van der Waals surface area contributed by atoms with Gasteiger partial charge in [0, 0.05) is 66.9 Å². The Bertz CT molecular complexity index is 2520. The smallest absolute Gasteiger partial charge is 0.317 e. The van der Waals surface area contributed by atoms with Crippen LogP contribution < -0.4 is 32.3 Å². The van der Waals surface area contributed by atoms with Gasteiger partial charge in [0.15, 0.2) is 5.82 Å². The molecule has 15 nitrogen and oxygen atoms in total. The largest absolute Gasteiger partial charge is 0.366 e. The Balaban J connectivity index is 0.670. The Hall–Kier alpha value is -6.50. The molecule has 2 saturated carbocycles. The van der Waals surface area contributed by atoms with E-state index in [9.17, 15) is 24.0 Å². The lowest BCUT2D eigenvalue weighted by Gasteiger charge is -2.39. The second-order valence-corrected chi connectivity index (χ2v) is 17.9. The van der Waals surface area contributed by atoms with E-state index in [4.69, 9.17) is 17.3 Å². The second-order valence-electron chi connectivity index (χ2n) is 17.5. The van der Waals surface area contributed by atoms with E-state index in [-0.39, 0.29) is 30.3 Å². The van der Waals surface area contributed by atoms with Gasteiger partial charge in [0.05, 0.1) is 17.4 Å². The Morgan fingerprint density at radius 1 is 0.859 bits per heavy atom. The second kappa shape index (κ2) is 18.7. The summed E-state index contributed by atoms with van der Waals surface area (Å²) in [6.07, 6.45) is 9.84. The fourth-order valence-corrected chi connectivity index (χ4v) is 9.68. The van der Waals surface area contributed by atoms with E-state index < -0.39 is 17.9 Å².